The molecule has 1 aliphatic heterocycles. The summed E-state index contributed by atoms with van der Waals surface area (Å²) in [5.74, 6) is -17.0. The van der Waals surface area contributed by atoms with Crippen molar-refractivity contribution in [3.8, 4) is 0 Å². The summed E-state index contributed by atoms with van der Waals surface area (Å²) >= 11 is 0. The molecule has 1 aromatic carbocycles. The lowest BCUT2D eigenvalue weighted by molar-refractivity contribution is -0.142. The Morgan fingerprint density at radius 1 is 0.417 bits per heavy atom. The van der Waals surface area contributed by atoms with Gasteiger partial charge in [0.15, 0.2) is 0 Å². The second-order valence-corrected chi connectivity index (χ2v) is 39.6. The largest absolute Gasteiger partial charge is 0.480 e. The molecule has 144 heavy (non-hydrogen) atoms. The molecule has 0 saturated carbocycles. The first-order chi connectivity index (χ1) is 68.0. The van der Waals surface area contributed by atoms with Crippen LogP contribution in [0.3, 0.4) is 0 Å². The Morgan fingerprint density at radius 2 is 0.833 bits per heavy atom. The molecule has 1 aromatic rings. The number of aliphatic hydroxyl groups is 1. The number of carboxylic acids is 1. The number of amides is 17. The lowest BCUT2D eigenvalue weighted by atomic mass is 9.91. The van der Waals surface area contributed by atoms with Crippen molar-refractivity contribution in [2.75, 3.05) is 79.0 Å². The summed E-state index contributed by atoms with van der Waals surface area (Å²) in [6, 6.07) is -11.8. The minimum atomic E-state index is -1.93. The molecular weight excluding hydrogens is 1870 g/mol. The first-order valence-electron chi connectivity index (χ1n) is 51.0. The Kier molecular flexibility index (Phi) is 62.7. The van der Waals surface area contributed by atoms with Crippen molar-refractivity contribution in [3.63, 3.8) is 0 Å². The average molecular weight is 2040 g/mol. The van der Waals surface area contributed by atoms with Crippen molar-refractivity contribution >= 4 is 106 Å². The van der Waals surface area contributed by atoms with Gasteiger partial charge in [0.1, 0.15) is 108 Å². The minimum absolute atomic E-state index is 0.0136. The summed E-state index contributed by atoms with van der Waals surface area (Å²) < 4.78 is 16.0. The van der Waals surface area contributed by atoms with E-state index in [0.717, 1.165) is 0 Å². The van der Waals surface area contributed by atoms with E-state index in [1.807, 2.05) is 0 Å². The lowest BCUT2D eigenvalue weighted by Crippen LogP contribution is -2.65. The van der Waals surface area contributed by atoms with E-state index in [9.17, 15) is 96.5 Å². The lowest BCUT2D eigenvalue weighted by Gasteiger charge is -2.33. The first kappa shape index (κ1) is 129. The molecule has 17 atom stereocenters. The second-order valence-electron chi connectivity index (χ2n) is 39.6. The van der Waals surface area contributed by atoms with Gasteiger partial charge in [-0.3, -0.25) is 81.5 Å². The first-order valence-corrected chi connectivity index (χ1v) is 51.0. The number of benzene rings is 1. The molecule has 0 spiro atoms. The van der Waals surface area contributed by atoms with Crippen molar-refractivity contribution < 1.29 is 111 Å². The number of nitrogens with one attached hydrogen (secondary N) is 17. The zero-order valence-corrected chi connectivity index (χ0v) is 87.7. The number of rotatable bonds is 64. The van der Waals surface area contributed by atoms with Crippen molar-refractivity contribution in [2.24, 2.45) is 58.3 Å². The van der Waals surface area contributed by atoms with Gasteiger partial charge in [-0.15, -0.1) is 0 Å². The van der Waals surface area contributed by atoms with Crippen LogP contribution in [0.25, 0.3) is 0 Å². The van der Waals surface area contributed by atoms with E-state index in [4.69, 9.17) is 42.9 Å². The Labute approximate surface area is 849 Å². The molecule has 0 aliphatic carbocycles. The number of unbranched alkanes of at least 4 members (excludes halogenated alkanes) is 4. The summed E-state index contributed by atoms with van der Waals surface area (Å²) in [5, 5.41) is 66.5. The van der Waals surface area contributed by atoms with E-state index in [1.165, 1.54) is 41.5 Å². The number of aliphatic carboxylic acids is 1. The average Bonchev–Trinajstić information content (AvgIpc) is 0.891. The van der Waals surface area contributed by atoms with Gasteiger partial charge in [0.2, 0.25) is 100 Å². The topological polar surface area (TPSA) is 710 Å². The van der Waals surface area contributed by atoms with Gasteiger partial charge >= 0.3 is 5.97 Å². The fraction of sp³-hybridized carbons (Fsp3) is 0.737. The molecule has 0 bridgehead atoms. The second kappa shape index (κ2) is 70.0. The van der Waals surface area contributed by atoms with Gasteiger partial charge in [-0.05, 0) is 244 Å². The number of allylic oxidation sites excluding steroid dienone is 2. The van der Waals surface area contributed by atoms with E-state index in [0.29, 0.717) is 96.3 Å². The molecule has 45 heteroatoms. The van der Waals surface area contributed by atoms with Crippen LogP contribution in [0.4, 0.5) is 0 Å². The Morgan fingerprint density at radius 3 is 1.32 bits per heavy atom. The van der Waals surface area contributed by atoms with Gasteiger partial charge in [0, 0.05) is 13.0 Å². The monoisotopic (exact) mass is 2040 g/mol. The molecule has 1 heterocycles. The molecule has 0 aromatic heterocycles. The third-order valence-corrected chi connectivity index (χ3v) is 23.9. The van der Waals surface area contributed by atoms with Crippen LogP contribution >= 0.6 is 0 Å². The van der Waals surface area contributed by atoms with Gasteiger partial charge in [-0.25, -0.2) is 4.79 Å². The van der Waals surface area contributed by atoms with E-state index in [1.54, 1.807) is 112 Å². The summed E-state index contributed by atoms with van der Waals surface area (Å²) in [7, 11) is 0. The predicted molar refractivity (Wildman–Crippen MR) is 542 cm³/mol. The van der Waals surface area contributed by atoms with E-state index in [2.05, 4.69) is 90.4 Å². The number of hydrogen-bond donors (Lipinski definition) is 24. The smallest absolute Gasteiger partial charge is 0.326 e. The maximum atomic E-state index is 15.0. The number of carboxylic acid groups (broad SMARTS) is 1. The van der Waals surface area contributed by atoms with Gasteiger partial charge in [-0.1, -0.05) is 112 Å². The summed E-state index contributed by atoms with van der Waals surface area (Å²) in [5.41, 5.74) is 25.4. The highest BCUT2D eigenvalue weighted by Crippen LogP contribution is 2.23. The minimum Gasteiger partial charge on any atom is -0.480 e. The van der Waals surface area contributed by atoms with Crippen molar-refractivity contribution in [1.82, 2.24) is 90.4 Å². The zero-order valence-electron chi connectivity index (χ0n) is 87.7. The van der Waals surface area contributed by atoms with Gasteiger partial charge in [0.25, 0.3) is 0 Å². The van der Waals surface area contributed by atoms with Crippen molar-refractivity contribution in [2.45, 2.75) is 360 Å². The highest BCUT2D eigenvalue weighted by Gasteiger charge is 2.44. The Hall–Kier alpha value is -10.9. The molecule has 2 rings (SSSR count). The number of carbonyl (C=O) groups excluding carboxylic acids is 17. The van der Waals surface area contributed by atoms with Gasteiger partial charge in [-0.2, -0.15) is 0 Å². The number of hydrogen-bond acceptors (Lipinski definition) is 27. The third-order valence-electron chi connectivity index (χ3n) is 23.9. The fourth-order valence-corrected chi connectivity index (χ4v) is 15.5. The van der Waals surface area contributed by atoms with Crippen LogP contribution in [-0.2, 0) is 107 Å². The maximum absolute atomic E-state index is 15.0. The standard InChI is InChI=1S/C99H174N22O23/c1-59(2)52-73(115-85(128)69(36-24-30-42-100)109-81(124)64(11)105-79(123)58-144-51-50-143-49-48-142-47-46-104)87(130)106-65(12)82(125)110-70(37-25-31-43-101)86(129)117-77(56-68-34-22-21-23-35-68)90(133)116-76(55-62(7)8)91(134)119-80(63(9)10)94(137)118-78(57-122)93(136)121-99(16)41-29-20-18-17-19-28-40-98(15,96(140)107-67(14)84(127)114-75(54-61(5)6)89(132)112-72(95(138)139)39-27-33-45-103)120-92(135)71(38-26-32-44-102)111-88(131)74(53-60(3)4)113-83(126)66(13)108-97(99)141/h17-18,21-23,34-35,59-67,69-78,80,122H,19-20,24-33,36-58,100-104H2,1-16H3,(H,105,123)(H,106,130)(H,107,140)(H,108,141)(H,109,124)(H,110,125)(H,111,131)(H,112,132)(H,113,126)(H,114,127)(H,115,128)(H,116,133)(H,117,129)(H,118,137)(H,119,134)(H,120,135)(H,121,136)(H,138,139)/b18-17+/t64-,65-,66-,67-,69-,70-,71-,72-,73-,74-,75-,76-,77-,78-,80-,98-,99-/m0/s1. The molecule has 0 saturated heterocycles. The Bertz CT molecular complexity index is 4210. The van der Waals surface area contributed by atoms with Crippen LogP contribution < -0.4 is 119 Å². The highest BCUT2D eigenvalue weighted by atomic mass is 16.5. The van der Waals surface area contributed by atoms with Gasteiger partial charge in [0.05, 0.1) is 39.6 Å². The molecule has 818 valence electrons. The quantitative estimate of drug-likeness (QED) is 0.0266. The van der Waals surface area contributed by atoms with Crippen LogP contribution in [0.1, 0.15) is 258 Å². The van der Waals surface area contributed by atoms with Crippen LogP contribution in [0.2, 0.25) is 0 Å². The molecule has 45 nitrogen and oxygen atoms in total. The Balaban J connectivity index is 2.55. The number of ether oxygens (including phenoxy) is 3. The van der Waals surface area contributed by atoms with E-state index in [-0.39, 0.29) is 153 Å². The van der Waals surface area contributed by atoms with Crippen molar-refractivity contribution in [1.29, 1.82) is 0 Å². The maximum Gasteiger partial charge on any atom is 0.326 e. The molecule has 29 N–H and O–H groups in total. The summed E-state index contributed by atoms with van der Waals surface area (Å²) in [6.45, 7) is 27.0. The van der Waals surface area contributed by atoms with E-state index < -0.39 is 221 Å². The summed E-state index contributed by atoms with van der Waals surface area (Å²) in [4.78, 5) is 256. The van der Waals surface area contributed by atoms with Crippen molar-refractivity contribution in [3.05, 3.63) is 48.0 Å². The highest BCUT2D eigenvalue weighted by molar-refractivity contribution is 6.02. The zero-order chi connectivity index (χ0) is 108. The molecular formula is C99H174N22O23. The number of aliphatic hydroxyl groups excluding tert-OH is 1. The van der Waals surface area contributed by atoms with Crippen LogP contribution in [0.15, 0.2) is 42.5 Å². The van der Waals surface area contributed by atoms with Crippen LogP contribution in [0.5, 0.6) is 0 Å². The number of nitrogens with two attached hydrogens (primary N) is 5. The SMILES string of the molecule is CC(C)C[C@H](NC(=O)[C@H](C)NC(=O)[C@]1(C)CCC/C=C/CCC[C@](C)(NC(=O)[C@H](CO)NC(=O)[C@@H](NC(=O)[C@H](CC(C)C)NC(=O)[C@H](Cc2ccccc2)NC(=O)[C@H](CCCCN)NC(=O)[C@H](C)NC(=O)[C@H](CC(C)C)NC(=O)[C@H](CCCCN)NC(=O)[C@H](C)NC(=O)COCCOCCOCCN)C(C)C)C(=O)N[C@@H](C)C(=O)N[C@@H](CC(C)C)C(=O)N[C@@H](CCCCN)C(=O)N1)C(=O)N[C@@H](CCCCN)C(=O)O. The molecule has 0 unspecified atom stereocenters. The fourth-order valence-electron chi connectivity index (χ4n) is 15.5. The number of carbonyl (C=O) groups is 18. The molecule has 17 amide bonds. The van der Waals surface area contributed by atoms with Crippen LogP contribution in [0, 0.1) is 29.6 Å². The van der Waals surface area contributed by atoms with E-state index >= 15 is 0 Å². The third kappa shape index (κ3) is 50.7. The molecule has 0 radical (unpaired) electrons. The van der Waals surface area contributed by atoms with Crippen LogP contribution in [-0.4, -0.2) is 297 Å². The predicted octanol–water partition coefficient (Wildman–Crippen LogP) is -1.32. The summed E-state index contributed by atoms with van der Waals surface area (Å²) in [6.07, 6.45) is 7.76. The molecule has 0 fully saturated rings. The van der Waals surface area contributed by atoms with Gasteiger partial charge < -0.3 is 143 Å². The molecule has 1 aliphatic rings. The normalized spacial score (nSPS) is 19.5.